The molecule has 1 aliphatic rings. The average Bonchev–Trinajstić information content (AvgIpc) is 2.76. The maximum Gasteiger partial charge on any atom is 0.185 e. The largest absolute Gasteiger partial charge is 0.457 e. The quantitative estimate of drug-likeness (QED) is 0.789. The van der Waals surface area contributed by atoms with Crippen LogP contribution >= 0.6 is 0 Å². The summed E-state index contributed by atoms with van der Waals surface area (Å²) < 4.78 is 29.6. The van der Waals surface area contributed by atoms with E-state index in [-0.39, 0.29) is 16.8 Å². The van der Waals surface area contributed by atoms with Crippen LogP contribution in [0, 0.1) is 5.92 Å². The van der Waals surface area contributed by atoms with E-state index in [0.29, 0.717) is 18.0 Å². The molecule has 1 aromatic heterocycles. The predicted octanol–water partition coefficient (Wildman–Crippen LogP) is 2.59. The van der Waals surface area contributed by atoms with Crippen LogP contribution in [0.2, 0.25) is 0 Å². The molecule has 1 aliphatic carbocycles. The molecule has 0 aromatic carbocycles. The maximum absolute atomic E-state index is 12.2. The molecule has 0 radical (unpaired) electrons. The molecule has 0 N–H and O–H groups in total. The van der Waals surface area contributed by atoms with E-state index in [2.05, 4.69) is 6.92 Å². The monoisotopic (exact) mass is 270 g/mol. The van der Waals surface area contributed by atoms with E-state index in [1.54, 1.807) is 6.07 Å². The highest BCUT2D eigenvalue weighted by molar-refractivity contribution is 7.91. The molecule has 0 amide bonds. The van der Waals surface area contributed by atoms with Crippen LogP contribution in [0.3, 0.4) is 0 Å². The molecule has 2 rings (SSSR count). The van der Waals surface area contributed by atoms with Gasteiger partial charge in [0, 0.05) is 0 Å². The number of sulfone groups is 1. The lowest BCUT2D eigenvalue weighted by molar-refractivity contribution is 0.109. The number of carbonyl (C=O) groups is 1. The van der Waals surface area contributed by atoms with Crippen molar-refractivity contribution in [3.63, 3.8) is 0 Å². The van der Waals surface area contributed by atoms with E-state index in [4.69, 9.17) is 4.42 Å². The van der Waals surface area contributed by atoms with Crippen LogP contribution in [0.5, 0.6) is 0 Å². The van der Waals surface area contributed by atoms with Crippen LogP contribution < -0.4 is 0 Å². The number of carbonyl (C=O) groups excluding carboxylic acids is 1. The molecule has 2 unspecified atom stereocenters. The van der Waals surface area contributed by atoms with E-state index in [1.165, 1.54) is 6.07 Å². The molecular weight excluding hydrogens is 252 g/mol. The fourth-order valence-electron chi connectivity index (χ4n) is 2.56. The van der Waals surface area contributed by atoms with E-state index in [1.807, 2.05) is 0 Å². The molecule has 5 heteroatoms. The van der Waals surface area contributed by atoms with Crippen LogP contribution in [0.4, 0.5) is 0 Å². The Morgan fingerprint density at radius 1 is 1.39 bits per heavy atom. The summed E-state index contributed by atoms with van der Waals surface area (Å²) in [6.07, 6.45) is 4.15. The van der Waals surface area contributed by atoms with Gasteiger partial charge in [-0.25, -0.2) is 8.42 Å². The van der Waals surface area contributed by atoms with Crippen LogP contribution in [0.25, 0.3) is 0 Å². The smallest absolute Gasteiger partial charge is 0.185 e. The van der Waals surface area contributed by atoms with Gasteiger partial charge in [-0.1, -0.05) is 19.8 Å². The minimum absolute atomic E-state index is 0.0990. The van der Waals surface area contributed by atoms with Crippen LogP contribution in [0.1, 0.15) is 48.9 Å². The number of hydrogen-bond acceptors (Lipinski definition) is 4. The molecule has 0 bridgehead atoms. The van der Waals surface area contributed by atoms with Crippen molar-refractivity contribution < 1.29 is 17.6 Å². The lowest BCUT2D eigenvalue weighted by Gasteiger charge is -2.26. The summed E-state index contributed by atoms with van der Waals surface area (Å²) in [6, 6.07) is 3.06. The van der Waals surface area contributed by atoms with Crippen molar-refractivity contribution in [2.45, 2.75) is 43.6 Å². The molecule has 1 aromatic rings. The maximum atomic E-state index is 12.2. The fraction of sp³-hybridized carbons (Fsp3) is 0.615. The van der Waals surface area contributed by atoms with Crippen molar-refractivity contribution in [1.29, 1.82) is 0 Å². The lowest BCUT2D eigenvalue weighted by atomic mass is 9.91. The summed E-state index contributed by atoms with van der Waals surface area (Å²) >= 11 is 0. The van der Waals surface area contributed by atoms with E-state index >= 15 is 0 Å². The second-order valence-electron chi connectivity index (χ2n) is 5.12. The van der Waals surface area contributed by atoms with Crippen LogP contribution in [-0.2, 0) is 15.6 Å². The average molecular weight is 270 g/mol. The Bertz CT molecular complexity index is 515. The van der Waals surface area contributed by atoms with Gasteiger partial charge in [-0.15, -0.1) is 0 Å². The van der Waals surface area contributed by atoms with Crippen molar-refractivity contribution in [3.05, 3.63) is 23.7 Å². The summed E-state index contributed by atoms with van der Waals surface area (Å²) in [5.74, 6) is 0.909. The summed E-state index contributed by atoms with van der Waals surface area (Å²) in [5, 5.41) is -0.258. The molecule has 1 heterocycles. The first kappa shape index (κ1) is 13.3. The third-order valence-corrected chi connectivity index (χ3v) is 5.67. The zero-order chi connectivity index (χ0) is 13.2. The topological polar surface area (TPSA) is 64.3 Å². The van der Waals surface area contributed by atoms with E-state index in [9.17, 15) is 13.2 Å². The molecule has 0 saturated heterocycles. The fourth-order valence-corrected chi connectivity index (χ4v) is 4.49. The van der Waals surface area contributed by atoms with Gasteiger partial charge in [0.2, 0.25) is 0 Å². The molecule has 100 valence electrons. The Hall–Kier alpha value is -1.10. The standard InChI is InChI=1S/C13H18O4S/c1-10-3-2-4-13(7-10)18(15,16)9-12-6-5-11(8-14)17-12/h5-6,8,10,13H,2-4,7,9H2,1H3. The predicted molar refractivity (Wildman–Crippen MR) is 68.1 cm³/mol. The molecule has 0 spiro atoms. The number of furan rings is 1. The van der Waals surface area contributed by atoms with Crippen LogP contribution in [-0.4, -0.2) is 20.0 Å². The Labute approximate surface area is 107 Å². The Balaban J connectivity index is 2.08. The van der Waals surface area contributed by atoms with Gasteiger partial charge in [0.25, 0.3) is 0 Å². The van der Waals surface area contributed by atoms with Crippen LogP contribution in [0.15, 0.2) is 16.5 Å². The van der Waals surface area contributed by atoms with Crippen molar-refractivity contribution in [3.8, 4) is 0 Å². The van der Waals surface area contributed by atoms with E-state index < -0.39 is 9.84 Å². The van der Waals surface area contributed by atoms with Gasteiger partial charge in [-0.05, 0) is 30.9 Å². The van der Waals surface area contributed by atoms with Gasteiger partial charge in [0.15, 0.2) is 21.9 Å². The first-order valence-electron chi connectivity index (χ1n) is 6.26. The normalized spacial score (nSPS) is 24.9. The van der Waals surface area contributed by atoms with Crippen molar-refractivity contribution in [2.24, 2.45) is 5.92 Å². The molecular formula is C13H18O4S. The molecule has 1 saturated carbocycles. The van der Waals surface area contributed by atoms with Gasteiger partial charge in [0.1, 0.15) is 11.5 Å². The molecule has 1 fully saturated rings. The van der Waals surface area contributed by atoms with E-state index in [0.717, 1.165) is 25.7 Å². The third-order valence-electron chi connectivity index (χ3n) is 3.54. The van der Waals surface area contributed by atoms with Gasteiger partial charge >= 0.3 is 0 Å². The highest BCUT2D eigenvalue weighted by Gasteiger charge is 2.30. The van der Waals surface area contributed by atoms with Crippen molar-refractivity contribution in [1.82, 2.24) is 0 Å². The zero-order valence-corrected chi connectivity index (χ0v) is 11.3. The second kappa shape index (κ2) is 5.26. The highest BCUT2D eigenvalue weighted by Crippen LogP contribution is 2.30. The number of aldehydes is 1. The van der Waals surface area contributed by atoms with Gasteiger partial charge in [0.05, 0.1) is 5.25 Å². The number of hydrogen-bond donors (Lipinski definition) is 0. The van der Waals surface area contributed by atoms with Gasteiger partial charge < -0.3 is 4.42 Å². The Kier molecular flexibility index (Phi) is 3.90. The molecule has 4 nitrogen and oxygen atoms in total. The Morgan fingerprint density at radius 3 is 2.78 bits per heavy atom. The Morgan fingerprint density at radius 2 is 2.17 bits per heavy atom. The first-order valence-corrected chi connectivity index (χ1v) is 7.98. The summed E-state index contributed by atoms with van der Waals surface area (Å²) in [6.45, 7) is 2.10. The molecule has 18 heavy (non-hydrogen) atoms. The number of rotatable bonds is 4. The van der Waals surface area contributed by atoms with Gasteiger partial charge in [-0.3, -0.25) is 4.79 Å². The second-order valence-corrected chi connectivity index (χ2v) is 7.40. The third kappa shape index (κ3) is 3.02. The van der Waals surface area contributed by atoms with Crippen molar-refractivity contribution in [2.75, 3.05) is 0 Å². The molecule has 0 aliphatic heterocycles. The summed E-state index contributed by atoms with van der Waals surface area (Å²) in [5.41, 5.74) is 0. The summed E-state index contributed by atoms with van der Waals surface area (Å²) in [4.78, 5) is 10.5. The minimum atomic E-state index is -3.17. The van der Waals surface area contributed by atoms with Gasteiger partial charge in [-0.2, -0.15) is 0 Å². The van der Waals surface area contributed by atoms with Crippen molar-refractivity contribution >= 4 is 16.1 Å². The highest BCUT2D eigenvalue weighted by atomic mass is 32.2. The summed E-state index contributed by atoms with van der Waals surface area (Å²) in [7, 11) is -3.17. The lowest BCUT2D eigenvalue weighted by Crippen LogP contribution is -2.28. The zero-order valence-electron chi connectivity index (χ0n) is 10.5. The SMILES string of the molecule is CC1CCCC(S(=O)(=O)Cc2ccc(C=O)o2)C1. The minimum Gasteiger partial charge on any atom is -0.457 e. The molecule has 2 atom stereocenters. The first-order chi connectivity index (χ1) is 8.51.